The fourth-order valence-corrected chi connectivity index (χ4v) is 6.84. The van der Waals surface area contributed by atoms with E-state index in [-0.39, 0.29) is 0 Å². The summed E-state index contributed by atoms with van der Waals surface area (Å²) in [4.78, 5) is 14.6. The maximum atomic E-state index is 12.3. The molecule has 0 spiro atoms. The predicted octanol–water partition coefficient (Wildman–Crippen LogP) is 7.87. The average Bonchev–Trinajstić information content (AvgIpc) is 3.41. The van der Waals surface area contributed by atoms with Crippen LogP contribution in [-0.2, 0) is 24.2 Å². The normalized spacial score (nSPS) is 13.2. The first-order chi connectivity index (χ1) is 23.6. The number of ether oxygens (including phenoxy) is 3. The number of nitrogens with zero attached hydrogens (tertiary/aromatic N) is 2. The SMILES string of the molecule is NCc1cccc(Cn2c(OC(=O)O)c(CCCOc3cccc4ccccc34)c3cccc(-c4ccccc4N4CCOCC4)c32)c1. The fourth-order valence-electron chi connectivity index (χ4n) is 6.84. The lowest BCUT2D eigenvalue weighted by Gasteiger charge is -2.31. The molecule has 8 nitrogen and oxygen atoms in total. The lowest BCUT2D eigenvalue weighted by molar-refractivity contribution is 0.123. The Morgan fingerprint density at radius 3 is 2.38 bits per heavy atom. The molecule has 0 unspecified atom stereocenters. The van der Waals surface area contributed by atoms with Crippen LogP contribution in [0.3, 0.4) is 0 Å². The fraction of sp³-hybridized carbons (Fsp3) is 0.225. The van der Waals surface area contributed by atoms with E-state index < -0.39 is 6.16 Å². The van der Waals surface area contributed by atoms with Gasteiger partial charge < -0.3 is 34.5 Å². The lowest BCUT2D eigenvalue weighted by atomic mass is 9.98. The molecule has 0 aliphatic carbocycles. The molecule has 1 aliphatic rings. The topological polar surface area (TPSA) is 99.2 Å². The zero-order valence-electron chi connectivity index (χ0n) is 26.8. The Kier molecular flexibility index (Phi) is 9.27. The summed E-state index contributed by atoms with van der Waals surface area (Å²) in [7, 11) is 0. The summed E-state index contributed by atoms with van der Waals surface area (Å²) in [6, 6.07) is 37.0. The second kappa shape index (κ2) is 14.2. The van der Waals surface area contributed by atoms with E-state index in [0.717, 1.165) is 74.0 Å². The first kappa shape index (κ1) is 31.3. The number of aryl methyl sites for hydroxylation is 1. The molecule has 1 aliphatic heterocycles. The smallest absolute Gasteiger partial charge is 0.493 e. The number of hydrogen-bond donors (Lipinski definition) is 2. The summed E-state index contributed by atoms with van der Waals surface area (Å²) in [5.41, 5.74) is 13.0. The number of para-hydroxylation sites is 2. The van der Waals surface area contributed by atoms with Crippen LogP contribution >= 0.6 is 0 Å². The van der Waals surface area contributed by atoms with Gasteiger partial charge in [-0.1, -0.05) is 97.1 Å². The molecule has 48 heavy (non-hydrogen) atoms. The van der Waals surface area contributed by atoms with Gasteiger partial charge in [-0.3, -0.25) is 0 Å². The van der Waals surface area contributed by atoms with E-state index in [4.69, 9.17) is 19.9 Å². The van der Waals surface area contributed by atoms with E-state index in [2.05, 4.69) is 65.6 Å². The molecule has 0 atom stereocenters. The molecule has 6 aromatic rings. The van der Waals surface area contributed by atoms with Gasteiger partial charge in [-0.05, 0) is 41.5 Å². The number of aromatic nitrogens is 1. The molecule has 1 fully saturated rings. The third kappa shape index (κ3) is 6.45. The molecule has 1 saturated heterocycles. The number of benzene rings is 5. The highest BCUT2D eigenvalue weighted by Gasteiger charge is 2.25. The van der Waals surface area contributed by atoms with Crippen molar-refractivity contribution in [1.82, 2.24) is 4.57 Å². The quantitative estimate of drug-likeness (QED) is 0.110. The lowest BCUT2D eigenvalue weighted by Crippen LogP contribution is -2.36. The first-order valence-electron chi connectivity index (χ1n) is 16.5. The summed E-state index contributed by atoms with van der Waals surface area (Å²) >= 11 is 0. The molecule has 0 saturated carbocycles. The van der Waals surface area contributed by atoms with Gasteiger partial charge in [0.2, 0.25) is 5.88 Å². The number of carbonyl (C=O) groups is 1. The predicted molar refractivity (Wildman–Crippen MR) is 190 cm³/mol. The van der Waals surface area contributed by atoms with Crippen LogP contribution in [0.15, 0.2) is 109 Å². The highest BCUT2D eigenvalue weighted by Crippen LogP contribution is 2.42. The molecular weight excluding hydrogens is 602 g/mol. The molecule has 5 aromatic carbocycles. The van der Waals surface area contributed by atoms with E-state index in [1.165, 1.54) is 0 Å². The van der Waals surface area contributed by atoms with Gasteiger partial charge in [0.1, 0.15) is 5.75 Å². The molecular formula is C40H39N3O5. The summed E-state index contributed by atoms with van der Waals surface area (Å²) in [6.07, 6.45) is -0.123. The van der Waals surface area contributed by atoms with Crippen LogP contribution in [0.2, 0.25) is 0 Å². The number of morpholine rings is 1. The van der Waals surface area contributed by atoms with Crippen LogP contribution in [0, 0.1) is 0 Å². The highest BCUT2D eigenvalue weighted by molar-refractivity contribution is 6.01. The van der Waals surface area contributed by atoms with Crippen molar-refractivity contribution in [2.75, 3.05) is 37.8 Å². The summed E-state index contributed by atoms with van der Waals surface area (Å²) in [5.74, 6) is 1.16. The standard InChI is InChI=1S/C40H39N3O5/c41-26-28-9-5-10-29(25-28)27-43-38-33(32-14-3-4-18-36(32)42-20-23-46-24-21-42)15-7-16-34(38)35(39(43)48-40(44)45)17-8-22-47-37-19-6-12-30-11-1-2-13-31(30)37/h1-7,9-16,18-19,25H,8,17,20-24,26-27,41H2,(H,44,45). The van der Waals surface area contributed by atoms with Crippen LogP contribution in [0.1, 0.15) is 23.1 Å². The van der Waals surface area contributed by atoms with Crippen LogP contribution in [-0.4, -0.2) is 48.7 Å². The molecule has 1 aromatic heterocycles. The summed E-state index contributed by atoms with van der Waals surface area (Å²) in [5, 5.41) is 13.2. The van der Waals surface area contributed by atoms with Crippen molar-refractivity contribution in [2.45, 2.75) is 25.9 Å². The summed E-state index contributed by atoms with van der Waals surface area (Å²) < 4.78 is 19.6. The number of rotatable bonds is 11. The minimum absolute atomic E-state index is 0.331. The van der Waals surface area contributed by atoms with Gasteiger partial charge in [-0.2, -0.15) is 0 Å². The Morgan fingerprint density at radius 2 is 1.52 bits per heavy atom. The molecule has 3 N–H and O–H groups in total. The van der Waals surface area contributed by atoms with E-state index >= 15 is 0 Å². The van der Waals surface area contributed by atoms with Crippen molar-refractivity contribution in [3.63, 3.8) is 0 Å². The van der Waals surface area contributed by atoms with Gasteiger partial charge in [-0.15, -0.1) is 0 Å². The van der Waals surface area contributed by atoms with Crippen molar-refractivity contribution in [3.8, 4) is 22.8 Å². The molecule has 244 valence electrons. The molecule has 7 rings (SSSR count). The molecule has 0 radical (unpaired) electrons. The number of carboxylic acid groups (broad SMARTS) is 1. The molecule has 8 heteroatoms. The van der Waals surface area contributed by atoms with E-state index in [1.807, 2.05) is 53.1 Å². The van der Waals surface area contributed by atoms with Crippen molar-refractivity contribution >= 4 is 33.5 Å². The Morgan fingerprint density at radius 1 is 0.812 bits per heavy atom. The van der Waals surface area contributed by atoms with Crippen molar-refractivity contribution in [1.29, 1.82) is 0 Å². The van der Waals surface area contributed by atoms with Gasteiger partial charge >= 0.3 is 6.16 Å². The second-order valence-electron chi connectivity index (χ2n) is 12.0. The number of nitrogens with two attached hydrogens (primary N) is 1. The maximum Gasteiger partial charge on any atom is 0.512 e. The summed E-state index contributed by atoms with van der Waals surface area (Å²) in [6.45, 7) is 4.24. The van der Waals surface area contributed by atoms with Gasteiger partial charge in [0.25, 0.3) is 0 Å². The molecule has 0 bridgehead atoms. The van der Waals surface area contributed by atoms with Crippen molar-refractivity contribution in [3.05, 3.63) is 126 Å². The first-order valence-corrected chi connectivity index (χ1v) is 16.5. The molecule has 2 heterocycles. The zero-order chi connectivity index (χ0) is 32.9. The van der Waals surface area contributed by atoms with Gasteiger partial charge in [0.15, 0.2) is 0 Å². The molecule has 0 amide bonds. The van der Waals surface area contributed by atoms with Crippen LogP contribution in [0.25, 0.3) is 32.8 Å². The van der Waals surface area contributed by atoms with E-state index in [0.29, 0.717) is 51.6 Å². The van der Waals surface area contributed by atoms with Gasteiger partial charge in [-0.25, -0.2) is 4.79 Å². The van der Waals surface area contributed by atoms with Gasteiger partial charge in [0.05, 0.1) is 31.9 Å². The third-order valence-corrected chi connectivity index (χ3v) is 9.01. The Balaban J connectivity index is 1.32. The van der Waals surface area contributed by atoms with Crippen molar-refractivity contribution < 1.29 is 24.1 Å². The Hall–Kier alpha value is -5.31. The highest BCUT2D eigenvalue weighted by atomic mass is 16.7. The third-order valence-electron chi connectivity index (χ3n) is 9.01. The number of anilines is 1. The minimum Gasteiger partial charge on any atom is -0.493 e. The number of hydrogen-bond acceptors (Lipinski definition) is 6. The van der Waals surface area contributed by atoms with E-state index in [9.17, 15) is 9.90 Å². The monoisotopic (exact) mass is 641 g/mol. The Bertz CT molecular complexity index is 2060. The zero-order valence-corrected chi connectivity index (χ0v) is 26.8. The Labute approximate surface area is 279 Å². The van der Waals surface area contributed by atoms with Gasteiger partial charge in [0, 0.05) is 52.8 Å². The minimum atomic E-state index is -1.35. The largest absolute Gasteiger partial charge is 0.512 e. The van der Waals surface area contributed by atoms with E-state index in [1.54, 1.807) is 0 Å². The van der Waals surface area contributed by atoms with Crippen LogP contribution < -0.4 is 20.1 Å². The average molecular weight is 642 g/mol. The maximum absolute atomic E-state index is 12.3. The van der Waals surface area contributed by atoms with Crippen LogP contribution in [0.5, 0.6) is 11.6 Å². The second-order valence-corrected chi connectivity index (χ2v) is 12.0. The van der Waals surface area contributed by atoms with Crippen LogP contribution in [0.4, 0.5) is 10.5 Å². The number of fused-ring (bicyclic) bond motifs is 2. The van der Waals surface area contributed by atoms with Crippen molar-refractivity contribution in [2.24, 2.45) is 5.73 Å².